The fourth-order valence-corrected chi connectivity index (χ4v) is 2.89. The van der Waals surface area contributed by atoms with Gasteiger partial charge in [0.1, 0.15) is 0 Å². The van der Waals surface area contributed by atoms with Gasteiger partial charge in [0.05, 0.1) is 5.92 Å². The van der Waals surface area contributed by atoms with Crippen LogP contribution in [0.15, 0.2) is 24.3 Å². The van der Waals surface area contributed by atoms with E-state index in [4.69, 9.17) is 5.73 Å². The van der Waals surface area contributed by atoms with Crippen molar-refractivity contribution in [3.8, 4) is 0 Å². The summed E-state index contributed by atoms with van der Waals surface area (Å²) in [7, 11) is 0. The van der Waals surface area contributed by atoms with E-state index >= 15 is 0 Å². The van der Waals surface area contributed by atoms with Crippen molar-refractivity contribution in [3.63, 3.8) is 0 Å². The summed E-state index contributed by atoms with van der Waals surface area (Å²) in [5.74, 6) is 0.0908. The molecule has 4 heteroatoms. The lowest BCUT2D eigenvalue weighted by atomic mass is 9.98. The van der Waals surface area contributed by atoms with Gasteiger partial charge in [-0.15, -0.1) is 0 Å². The van der Waals surface area contributed by atoms with Gasteiger partial charge in [-0.3, -0.25) is 9.69 Å². The molecule has 116 valence electrons. The number of nitrogens with two attached hydrogens (primary N) is 1. The third kappa shape index (κ3) is 3.76. The molecular formula is C17H27N3O. The molecule has 2 unspecified atom stereocenters. The number of hydrogen-bond donors (Lipinski definition) is 1. The third-order valence-electron chi connectivity index (χ3n) is 4.62. The molecule has 0 aromatic heterocycles. The molecule has 1 heterocycles. The second-order valence-electron chi connectivity index (χ2n) is 6.01. The van der Waals surface area contributed by atoms with E-state index in [0.29, 0.717) is 11.7 Å². The zero-order valence-corrected chi connectivity index (χ0v) is 13.4. The minimum Gasteiger partial charge on any atom is -0.399 e. The van der Waals surface area contributed by atoms with E-state index in [2.05, 4.69) is 18.7 Å². The van der Waals surface area contributed by atoms with Gasteiger partial charge in [-0.25, -0.2) is 0 Å². The molecule has 2 atom stereocenters. The molecule has 1 fully saturated rings. The lowest BCUT2D eigenvalue weighted by molar-refractivity contribution is -0.134. The molecule has 0 spiro atoms. The summed E-state index contributed by atoms with van der Waals surface area (Å²) in [4.78, 5) is 17.1. The van der Waals surface area contributed by atoms with Gasteiger partial charge in [0, 0.05) is 37.9 Å². The van der Waals surface area contributed by atoms with Crippen LogP contribution in [0.25, 0.3) is 0 Å². The van der Waals surface area contributed by atoms with Crippen LogP contribution in [0.4, 0.5) is 5.69 Å². The van der Waals surface area contributed by atoms with Crippen LogP contribution in [0.3, 0.4) is 0 Å². The van der Waals surface area contributed by atoms with E-state index in [-0.39, 0.29) is 11.8 Å². The summed E-state index contributed by atoms with van der Waals surface area (Å²) in [5, 5.41) is 0. The Balaban J connectivity index is 1.95. The summed E-state index contributed by atoms with van der Waals surface area (Å²) >= 11 is 0. The Kier molecular flexibility index (Phi) is 5.23. The first-order valence-electron chi connectivity index (χ1n) is 7.91. The maximum absolute atomic E-state index is 12.6. The monoisotopic (exact) mass is 289 g/mol. The van der Waals surface area contributed by atoms with Gasteiger partial charge >= 0.3 is 0 Å². The summed E-state index contributed by atoms with van der Waals surface area (Å²) < 4.78 is 0. The highest BCUT2D eigenvalue weighted by molar-refractivity contribution is 5.83. The largest absolute Gasteiger partial charge is 0.399 e. The SMILES string of the molecule is CCC(C)N1CCN(C(=O)C(C)c2cccc(N)c2)CC1. The Morgan fingerprint density at radius 2 is 1.90 bits per heavy atom. The van der Waals surface area contributed by atoms with Crippen molar-refractivity contribution in [2.24, 2.45) is 0 Å². The van der Waals surface area contributed by atoms with Gasteiger partial charge in [0.25, 0.3) is 0 Å². The van der Waals surface area contributed by atoms with Crippen LogP contribution in [-0.4, -0.2) is 47.9 Å². The molecule has 1 aromatic rings. The number of carbonyl (C=O) groups is 1. The minimum atomic E-state index is -0.122. The molecule has 0 saturated carbocycles. The maximum Gasteiger partial charge on any atom is 0.229 e. The number of hydrogen-bond acceptors (Lipinski definition) is 3. The van der Waals surface area contributed by atoms with Crippen LogP contribution in [0.2, 0.25) is 0 Å². The van der Waals surface area contributed by atoms with Gasteiger partial charge in [-0.2, -0.15) is 0 Å². The smallest absolute Gasteiger partial charge is 0.229 e. The Bertz CT molecular complexity index is 481. The fraction of sp³-hybridized carbons (Fsp3) is 0.588. The number of nitrogens with zero attached hydrogens (tertiary/aromatic N) is 2. The molecule has 1 amide bonds. The molecule has 4 nitrogen and oxygen atoms in total. The first-order valence-corrected chi connectivity index (χ1v) is 7.91. The van der Waals surface area contributed by atoms with Crippen molar-refractivity contribution < 1.29 is 4.79 Å². The lowest BCUT2D eigenvalue weighted by Crippen LogP contribution is -2.52. The highest BCUT2D eigenvalue weighted by Gasteiger charge is 2.27. The van der Waals surface area contributed by atoms with E-state index in [0.717, 1.165) is 38.2 Å². The Hall–Kier alpha value is -1.55. The van der Waals surface area contributed by atoms with E-state index in [9.17, 15) is 4.79 Å². The maximum atomic E-state index is 12.6. The summed E-state index contributed by atoms with van der Waals surface area (Å²) in [6, 6.07) is 8.25. The predicted octanol–water partition coefficient (Wildman–Crippen LogP) is 2.32. The van der Waals surface area contributed by atoms with E-state index in [1.54, 1.807) is 0 Å². The topological polar surface area (TPSA) is 49.6 Å². The van der Waals surface area contributed by atoms with Crippen molar-refractivity contribution in [1.29, 1.82) is 0 Å². The predicted molar refractivity (Wildman–Crippen MR) is 87.2 cm³/mol. The number of benzene rings is 1. The molecular weight excluding hydrogens is 262 g/mol. The number of piperazine rings is 1. The molecule has 21 heavy (non-hydrogen) atoms. The number of rotatable bonds is 4. The molecule has 2 rings (SSSR count). The average molecular weight is 289 g/mol. The second kappa shape index (κ2) is 6.94. The van der Waals surface area contributed by atoms with Crippen LogP contribution in [0.1, 0.15) is 38.7 Å². The second-order valence-corrected chi connectivity index (χ2v) is 6.01. The summed E-state index contributed by atoms with van der Waals surface area (Å²) in [5.41, 5.74) is 7.53. The molecule has 1 saturated heterocycles. The van der Waals surface area contributed by atoms with Crippen molar-refractivity contribution in [3.05, 3.63) is 29.8 Å². The Morgan fingerprint density at radius 1 is 1.24 bits per heavy atom. The van der Waals surface area contributed by atoms with Gasteiger partial charge in [-0.1, -0.05) is 19.1 Å². The van der Waals surface area contributed by atoms with Gasteiger partial charge in [0.2, 0.25) is 5.91 Å². The molecule has 1 aliphatic heterocycles. The minimum absolute atomic E-state index is 0.122. The quantitative estimate of drug-likeness (QED) is 0.865. The van der Waals surface area contributed by atoms with Crippen molar-refractivity contribution >= 4 is 11.6 Å². The highest BCUT2D eigenvalue weighted by Crippen LogP contribution is 2.21. The highest BCUT2D eigenvalue weighted by atomic mass is 16.2. The first-order chi connectivity index (χ1) is 10.0. The summed E-state index contributed by atoms with van der Waals surface area (Å²) in [6.45, 7) is 10.1. The molecule has 0 bridgehead atoms. The van der Waals surface area contributed by atoms with Crippen LogP contribution >= 0.6 is 0 Å². The number of nitrogen functional groups attached to an aromatic ring is 1. The number of carbonyl (C=O) groups excluding carboxylic acids is 1. The molecule has 1 aliphatic rings. The Labute approximate surface area is 127 Å². The van der Waals surface area contributed by atoms with E-state index in [1.807, 2.05) is 36.1 Å². The van der Waals surface area contributed by atoms with Crippen molar-refractivity contribution in [2.75, 3.05) is 31.9 Å². The van der Waals surface area contributed by atoms with E-state index in [1.165, 1.54) is 0 Å². The average Bonchev–Trinajstić information content (AvgIpc) is 2.53. The zero-order chi connectivity index (χ0) is 15.4. The number of anilines is 1. The van der Waals surface area contributed by atoms with Crippen LogP contribution in [0, 0.1) is 0 Å². The van der Waals surface area contributed by atoms with Crippen molar-refractivity contribution in [1.82, 2.24) is 9.80 Å². The van der Waals surface area contributed by atoms with Gasteiger partial charge < -0.3 is 10.6 Å². The van der Waals surface area contributed by atoms with Crippen molar-refractivity contribution in [2.45, 2.75) is 39.2 Å². The molecule has 1 aromatic carbocycles. The van der Waals surface area contributed by atoms with Gasteiger partial charge in [-0.05, 0) is 38.0 Å². The normalized spacial score (nSPS) is 19.3. The molecule has 0 aliphatic carbocycles. The number of amides is 1. The van der Waals surface area contributed by atoms with Crippen LogP contribution in [0.5, 0.6) is 0 Å². The van der Waals surface area contributed by atoms with Gasteiger partial charge in [0.15, 0.2) is 0 Å². The Morgan fingerprint density at radius 3 is 2.48 bits per heavy atom. The molecule has 0 radical (unpaired) electrons. The third-order valence-corrected chi connectivity index (χ3v) is 4.62. The standard InChI is InChI=1S/C17H27N3O/c1-4-13(2)19-8-10-20(11-9-19)17(21)14(3)15-6-5-7-16(18)12-15/h5-7,12-14H,4,8-11,18H2,1-3H3. The summed E-state index contributed by atoms with van der Waals surface area (Å²) in [6.07, 6.45) is 1.16. The fourth-order valence-electron chi connectivity index (χ4n) is 2.89. The lowest BCUT2D eigenvalue weighted by Gasteiger charge is -2.38. The van der Waals surface area contributed by atoms with E-state index < -0.39 is 0 Å². The zero-order valence-electron chi connectivity index (χ0n) is 13.4. The van der Waals surface area contributed by atoms with Crippen LogP contribution < -0.4 is 5.73 Å². The van der Waals surface area contributed by atoms with Crippen LogP contribution in [-0.2, 0) is 4.79 Å². The first kappa shape index (κ1) is 15.8. The molecule has 2 N–H and O–H groups in total.